The lowest BCUT2D eigenvalue weighted by molar-refractivity contribution is -0.131. The Kier molecular flexibility index (Phi) is 5.93. The molecule has 2 aromatic carbocycles. The number of carbonyl (C=O) groups excluding carboxylic acids is 1. The maximum absolute atomic E-state index is 11.4. The predicted octanol–water partition coefficient (Wildman–Crippen LogP) is 3.62. The maximum Gasteiger partial charge on any atom is 0.308 e. The first kappa shape index (κ1) is 19.4. The summed E-state index contributed by atoms with van der Waals surface area (Å²) in [6, 6.07) is 7.20. The molecule has 0 spiro atoms. The molecule has 3 rings (SSSR count). The number of hydrogen-bond donors (Lipinski definition) is 0. The second kappa shape index (κ2) is 8.56. The Morgan fingerprint density at radius 2 is 1.61 bits per heavy atom. The Hall–Kier alpha value is -3.35. The highest BCUT2D eigenvalue weighted by Crippen LogP contribution is 2.40. The number of carbonyl (C=O) groups is 1. The zero-order valence-electron chi connectivity index (χ0n) is 16.2. The van der Waals surface area contributed by atoms with Gasteiger partial charge in [-0.25, -0.2) is 0 Å². The highest BCUT2D eigenvalue weighted by molar-refractivity contribution is 5.71. The Balaban J connectivity index is 1.86. The van der Waals surface area contributed by atoms with Gasteiger partial charge in [0.05, 0.1) is 21.3 Å². The number of rotatable bonds is 7. The highest BCUT2D eigenvalue weighted by Gasteiger charge is 2.18. The number of allylic oxidation sites excluding steroid dienone is 1. The van der Waals surface area contributed by atoms with E-state index in [1.165, 1.54) is 6.92 Å². The lowest BCUT2D eigenvalue weighted by atomic mass is 10.1. The lowest BCUT2D eigenvalue weighted by Crippen LogP contribution is -2.03. The molecule has 0 unspecified atom stereocenters. The van der Waals surface area contributed by atoms with Gasteiger partial charge in [-0.05, 0) is 30.2 Å². The van der Waals surface area contributed by atoms with Crippen molar-refractivity contribution in [3.8, 4) is 34.5 Å². The smallest absolute Gasteiger partial charge is 0.308 e. The topological polar surface area (TPSA) is 72.5 Å². The van der Waals surface area contributed by atoms with Gasteiger partial charge >= 0.3 is 5.97 Å². The standard InChI is InChI=1S/C21H22O7/c1-13(22)28-16-11-18-17(26-12-27-18)10-15(16)7-5-6-14-8-19(23-2)21(25-4)20(9-14)24-3/h5-6,8-11H,7,12H2,1-4H3/b6-5+. The van der Waals surface area contributed by atoms with Crippen LogP contribution in [0.2, 0.25) is 0 Å². The van der Waals surface area contributed by atoms with Gasteiger partial charge < -0.3 is 28.4 Å². The fraction of sp³-hybridized carbons (Fsp3) is 0.286. The number of ether oxygens (including phenoxy) is 6. The van der Waals surface area contributed by atoms with Crippen molar-refractivity contribution in [2.45, 2.75) is 13.3 Å². The number of hydrogen-bond acceptors (Lipinski definition) is 7. The van der Waals surface area contributed by atoms with Crippen LogP contribution < -0.4 is 28.4 Å². The van der Waals surface area contributed by atoms with Crippen LogP contribution in [0.4, 0.5) is 0 Å². The summed E-state index contributed by atoms with van der Waals surface area (Å²) in [6.07, 6.45) is 4.40. The van der Waals surface area contributed by atoms with Crippen LogP contribution >= 0.6 is 0 Å². The molecule has 7 nitrogen and oxygen atoms in total. The average Bonchev–Trinajstić information content (AvgIpc) is 3.13. The van der Waals surface area contributed by atoms with Crippen molar-refractivity contribution >= 4 is 12.0 Å². The minimum atomic E-state index is -0.395. The summed E-state index contributed by atoms with van der Waals surface area (Å²) in [5.74, 6) is 2.94. The summed E-state index contributed by atoms with van der Waals surface area (Å²) in [5, 5.41) is 0. The van der Waals surface area contributed by atoms with Gasteiger partial charge in [0.15, 0.2) is 23.0 Å². The summed E-state index contributed by atoms with van der Waals surface area (Å²) < 4.78 is 32.2. The van der Waals surface area contributed by atoms with Crippen molar-refractivity contribution in [2.24, 2.45) is 0 Å². The van der Waals surface area contributed by atoms with Crippen LogP contribution in [0.3, 0.4) is 0 Å². The van der Waals surface area contributed by atoms with Crippen LogP contribution in [-0.2, 0) is 11.2 Å². The summed E-state index contributed by atoms with van der Waals surface area (Å²) in [7, 11) is 4.71. The van der Waals surface area contributed by atoms with Crippen molar-refractivity contribution in [3.63, 3.8) is 0 Å². The first-order chi connectivity index (χ1) is 13.5. The molecular weight excluding hydrogens is 364 g/mol. The van der Waals surface area contributed by atoms with E-state index in [2.05, 4.69) is 0 Å². The molecule has 0 saturated heterocycles. The minimum absolute atomic E-state index is 0.152. The van der Waals surface area contributed by atoms with Gasteiger partial charge in [0, 0.05) is 18.6 Å². The molecule has 0 radical (unpaired) electrons. The van der Waals surface area contributed by atoms with E-state index in [0.29, 0.717) is 40.9 Å². The van der Waals surface area contributed by atoms with Crippen LogP contribution in [0.15, 0.2) is 30.3 Å². The maximum atomic E-state index is 11.4. The molecular formula is C21H22O7. The van der Waals surface area contributed by atoms with Crippen LogP contribution in [0.25, 0.3) is 6.08 Å². The minimum Gasteiger partial charge on any atom is -0.493 e. The first-order valence-electron chi connectivity index (χ1n) is 8.63. The molecule has 1 aliphatic heterocycles. The molecule has 28 heavy (non-hydrogen) atoms. The monoisotopic (exact) mass is 386 g/mol. The summed E-state index contributed by atoms with van der Waals surface area (Å²) in [6.45, 7) is 1.51. The van der Waals surface area contributed by atoms with Crippen LogP contribution in [0, 0.1) is 0 Å². The molecule has 0 N–H and O–H groups in total. The normalized spacial score (nSPS) is 12.1. The average molecular weight is 386 g/mol. The van der Waals surface area contributed by atoms with E-state index in [0.717, 1.165) is 11.1 Å². The van der Waals surface area contributed by atoms with Crippen LogP contribution in [0.1, 0.15) is 18.1 Å². The Morgan fingerprint density at radius 1 is 0.964 bits per heavy atom. The Labute approximate surface area is 163 Å². The van der Waals surface area contributed by atoms with E-state index in [9.17, 15) is 4.79 Å². The molecule has 1 aliphatic rings. The fourth-order valence-corrected chi connectivity index (χ4v) is 2.89. The van der Waals surface area contributed by atoms with E-state index >= 15 is 0 Å². The Morgan fingerprint density at radius 3 is 2.18 bits per heavy atom. The van der Waals surface area contributed by atoms with Gasteiger partial charge in [-0.1, -0.05) is 12.2 Å². The molecule has 7 heteroatoms. The second-order valence-electron chi connectivity index (χ2n) is 5.97. The van der Waals surface area contributed by atoms with Crippen molar-refractivity contribution in [3.05, 3.63) is 41.5 Å². The second-order valence-corrected chi connectivity index (χ2v) is 5.97. The molecule has 1 heterocycles. The van der Waals surface area contributed by atoms with Gasteiger partial charge in [0.25, 0.3) is 0 Å². The van der Waals surface area contributed by atoms with Gasteiger partial charge in [-0.3, -0.25) is 4.79 Å². The molecule has 0 fully saturated rings. The third-order valence-electron chi connectivity index (χ3n) is 4.14. The zero-order valence-corrected chi connectivity index (χ0v) is 16.2. The molecule has 0 amide bonds. The highest BCUT2D eigenvalue weighted by atomic mass is 16.7. The summed E-state index contributed by atoms with van der Waals surface area (Å²) in [5.41, 5.74) is 1.69. The first-order valence-corrected chi connectivity index (χ1v) is 8.63. The van der Waals surface area contributed by atoms with E-state index in [4.69, 9.17) is 28.4 Å². The van der Waals surface area contributed by atoms with Crippen molar-refractivity contribution in [2.75, 3.05) is 28.1 Å². The number of fused-ring (bicyclic) bond motifs is 1. The predicted molar refractivity (Wildman–Crippen MR) is 103 cm³/mol. The third-order valence-corrected chi connectivity index (χ3v) is 4.14. The number of methoxy groups -OCH3 is 3. The molecule has 0 atom stereocenters. The molecule has 148 valence electrons. The van der Waals surface area contributed by atoms with E-state index in [1.807, 2.05) is 30.4 Å². The van der Waals surface area contributed by atoms with Gasteiger partial charge in [-0.2, -0.15) is 0 Å². The Bertz CT molecular complexity index is 877. The van der Waals surface area contributed by atoms with Gasteiger partial charge in [0.1, 0.15) is 5.75 Å². The van der Waals surface area contributed by atoms with Gasteiger partial charge in [0.2, 0.25) is 12.5 Å². The van der Waals surface area contributed by atoms with Crippen LogP contribution in [-0.4, -0.2) is 34.1 Å². The van der Waals surface area contributed by atoms with Crippen LogP contribution in [0.5, 0.6) is 34.5 Å². The molecule has 0 saturated carbocycles. The van der Waals surface area contributed by atoms with Crippen molar-refractivity contribution in [1.82, 2.24) is 0 Å². The quantitative estimate of drug-likeness (QED) is 0.531. The largest absolute Gasteiger partial charge is 0.493 e. The van der Waals surface area contributed by atoms with E-state index in [-0.39, 0.29) is 6.79 Å². The van der Waals surface area contributed by atoms with Crippen molar-refractivity contribution in [1.29, 1.82) is 0 Å². The van der Waals surface area contributed by atoms with Crippen molar-refractivity contribution < 1.29 is 33.2 Å². The van der Waals surface area contributed by atoms with E-state index in [1.54, 1.807) is 27.4 Å². The summed E-state index contributed by atoms with van der Waals surface area (Å²) >= 11 is 0. The lowest BCUT2D eigenvalue weighted by Gasteiger charge is -2.13. The number of benzene rings is 2. The summed E-state index contributed by atoms with van der Waals surface area (Å²) in [4.78, 5) is 11.4. The molecule has 0 bridgehead atoms. The van der Waals surface area contributed by atoms with Gasteiger partial charge in [-0.15, -0.1) is 0 Å². The number of esters is 1. The molecule has 2 aromatic rings. The zero-order chi connectivity index (χ0) is 20.1. The SMILES string of the molecule is COc1cc(/C=C/Cc2cc3c(cc2OC(C)=O)OCO3)cc(OC)c1OC. The fourth-order valence-electron chi connectivity index (χ4n) is 2.89. The molecule has 0 aliphatic carbocycles. The third kappa shape index (κ3) is 4.14. The van der Waals surface area contributed by atoms with E-state index < -0.39 is 5.97 Å². The molecule has 0 aromatic heterocycles.